The van der Waals surface area contributed by atoms with Crippen molar-refractivity contribution in [1.29, 1.82) is 0 Å². The molecule has 1 aliphatic heterocycles. The molecule has 0 saturated carbocycles. The molecular formula is C14H22N4. The third-order valence-corrected chi connectivity index (χ3v) is 3.04. The van der Waals surface area contributed by atoms with Gasteiger partial charge in [0.2, 0.25) is 0 Å². The lowest BCUT2D eigenvalue weighted by Gasteiger charge is -2.16. The summed E-state index contributed by atoms with van der Waals surface area (Å²) in [6.07, 6.45) is 5.67. The van der Waals surface area contributed by atoms with E-state index in [9.17, 15) is 0 Å². The van der Waals surface area contributed by atoms with E-state index in [1.54, 1.807) is 0 Å². The van der Waals surface area contributed by atoms with Gasteiger partial charge in [0.1, 0.15) is 0 Å². The maximum absolute atomic E-state index is 6.13. The van der Waals surface area contributed by atoms with E-state index >= 15 is 0 Å². The topological polar surface area (TPSA) is 76.8 Å². The van der Waals surface area contributed by atoms with Crippen LogP contribution in [-0.2, 0) is 0 Å². The molecule has 0 saturated heterocycles. The Morgan fingerprint density at radius 3 is 2.89 bits per heavy atom. The second kappa shape index (κ2) is 6.79. The van der Waals surface area contributed by atoms with Gasteiger partial charge in [-0.3, -0.25) is 4.99 Å². The molecule has 98 valence electrons. The van der Waals surface area contributed by atoms with Crippen molar-refractivity contribution in [3.63, 3.8) is 0 Å². The minimum atomic E-state index is 0.707. The van der Waals surface area contributed by atoms with Crippen LogP contribution in [-0.4, -0.2) is 25.5 Å². The quantitative estimate of drug-likeness (QED) is 0.574. The maximum Gasteiger partial charge on any atom is 0.0579 e. The van der Waals surface area contributed by atoms with Crippen LogP contribution in [0.5, 0.6) is 0 Å². The minimum absolute atomic E-state index is 0.707. The van der Waals surface area contributed by atoms with Crippen LogP contribution >= 0.6 is 0 Å². The van der Waals surface area contributed by atoms with Crippen LogP contribution in [0.3, 0.4) is 0 Å². The number of hydrogen-bond donors (Lipinski definition) is 2. The Morgan fingerprint density at radius 1 is 1.56 bits per heavy atom. The van der Waals surface area contributed by atoms with E-state index in [4.69, 9.17) is 11.5 Å². The first-order valence-corrected chi connectivity index (χ1v) is 6.15. The van der Waals surface area contributed by atoms with Gasteiger partial charge in [-0.05, 0) is 45.1 Å². The summed E-state index contributed by atoms with van der Waals surface area (Å²) in [5, 5.41) is 0. The average Bonchev–Trinajstić information content (AvgIpc) is 2.37. The molecule has 0 fully saturated rings. The van der Waals surface area contributed by atoms with Crippen LogP contribution in [0.25, 0.3) is 0 Å². The molecule has 0 amide bonds. The van der Waals surface area contributed by atoms with Crippen molar-refractivity contribution >= 4 is 12.4 Å². The lowest BCUT2D eigenvalue weighted by Crippen LogP contribution is -2.20. The third-order valence-electron chi connectivity index (χ3n) is 3.04. The Bertz CT molecular complexity index is 439. The van der Waals surface area contributed by atoms with E-state index in [0.717, 1.165) is 41.9 Å². The highest BCUT2D eigenvalue weighted by Gasteiger charge is 2.13. The number of aliphatic imine (C=N–C) groups is 2. The normalized spacial score (nSPS) is 17.8. The molecular weight excluding hydrogens is 224 g/mol. The van der Waals surface area contributed by atoms with Gasteiger partial charge in [-0.2, -0.15) is 0 Å². The van der Waals surface area contributed by atoms with E-state index in [-0.39, 0.29) is 0 Å². The molecule has 0 radical (unpaired) electrons. The zero-order chi connectivity index (χ0) is 13.5. The monoisotopic (exact) mass is 246 g/mol. The Morgan fingerprint density at radius 2 is 2.28 bits per heavy atom. The second-order valence-electron chi connectivity index (χ2n) is 4.27. The number of rotatable bonds is 5. The van der Waals surface area contributed by atoms with Crippen LogP contribution in [0.2, 0.25) is 0 Å². The van der Waals surface area contributed by atoms with Crippen LogP contribution < -0.4 is 11.5 Å². The summed E-state index contributed by atoms with van der Waals surface area (Å²) < 4.78 is 0. The molecule has 1 rings (SSSR count). The van der Waals surface area contributed by atoms with Gasteiger partial charge >= 0.3 is 0 Å². The first kappa shape index (κ1) is 14.2. The summed E-state index contributed by atoms with van der Waals surface area (Å²) in [5.41, 5.74) is 16.6. The zero-order valence-electron chi connectivity index (χ0n) is 11.2. The SMILES string of the molecule is C=NCCC(/C=C(\N)C1=C(N)C(C)=NCC1)=C\C. The number of allylic oxidation sites excluding steroid dienone is 4. The van der Waals surface area contributed by atoms with Crippen LogP contribution in [0.4, 0.5) is 0 Å². The summed E-state index contributed by atoms with van der Waals surface area (Å²) in [6.45, 7) is 8.86. The molecule has 0 aromatic heterocycles. The van der Waals surface area contributed by atoms with Crippen molar-refractivity contribution in [3.05, 3.63) is 34.7 Å². The van der Waals surface area contributed by atoms with Crippen molar-refractivity contribution in [2.45, 2.75) is 26.7 Å². The van der Waals surface area contributed by atoms with E-state index in [2.05, 4.69) is 16.7 Å². The average molecular weight is 246 g/mol. The summed E-state index contributed by atoms with van der Waals surface area (Å²) in [6, 6.07) is 0. The first-order chi connectivity index (χ1) is 8.60. The van der Waals surface area contributed by atoms with E-state index in [1.165, 1.54) is 0 Å². The molecule has 0 aromatic carbocycles. The maximum atomic E-state index is 6.13. The molecule has 0 aromatic rings. The fraction of sp³-hybridized carbons (Fsp3) is 0.429. The predicted molar refractivity (Wildman–Crippen MR) is 78.9 cm³/mol. The summed E-state index contributed by atoms with van der Waals surface area (Å²) in [4.78, 5) is 8.16. The van der Waals surface area contributed by atoms with Crippen molar-refractivity contribution < 1.29 is 0 Å². The van der Waals surface area contributed by atoms with E-state index in [1.807, 2.05) is 26.0 Å². The van der Waals surface area contributed by atoms with Gasteiger partial charge in [0, 0.05) is 24.4 Å². The van der Waals surface area contributed by atoms with Gasteiger partial charge in [-0.1, -0.05) is 6.08 Å². The van der Waals surface area contributed by atoms with Crippen LogP contribution in [0.1, 0.15) is 26.7 Å². The van der Waals surface area contributed by atoms with Gasteiger partial charge in [0.25, 0.3) is 0 Å². The molecule has 0 atom stereocenters. The second-order valence-corrected chi connectivity index (χ2v) is 4.27. The molecule has 4 heteroatoms. The largest absolute Gasteiger partial charge is 0.398 e. The molecule has 4 nitrogen and oxygen atoms in total. The Hall–Kier alpha value is -1.84. The van der Waals surface area contributed by atoms with Gasteiger partial charge in [0.05, 0.1) is 11.4 Å². The highest BCUT2D eigenvalue weighted by molar-refractivity contribution is 5.99. The third kappa shape index (κ3) is 3.58. The number of dihydropyridines is 1. The van der Waals surface area contributed by atoms with Gasteiger partial charge in [0.15, 0.2) is 0 Å². The molecule has 1 aliphatic rings. The molecule has 0 spiro atoms. The number of nitrogens with two attached hydrogens (primary N) is 2. The standard InChI is InChI=1S/C14H22N4/c1-4-11(5-7-17-3)9-13(15)12-6-8-18-10(2)14(12)16/h4,9H,3,5-8,15-16H2,1-2H3/b11-4+,13-9-. The molecule has 4 N–H and O–H groups in total. The first-order valence-electron chi connectivity index (χ1n) is 6.15. The Labute approximate surface area is 109 Å². The fourth-order valence-corrected chi connectivity index (χ4v) is 1.87. The number of nitrogens with zero attached hydrogens (tertiary/aromatic N) is 2. The summed E-state index contributed by atoms with van der Waals surface area (Å²) >= 11 is 0. The van der Waals surface area contributed by atoms with Crippen molar-refractivity contribution in [1.82, 2.24) is 0 Å². The lowest BCUT2D eigenvalue weighted by molar-refractivity contribution is 0.909. The molecule has 1 heterocycles. The lowest BCUT2D eigenvalue weighted by atomic mass is 9.99. The van der Waals surface area contributed by atoms with Crippen LogP contribution in [0, 0.1) is 0 Å². The Kier molecular flexibility index (Phi) is 5.36. The van der Waals surface area contributed by atoms with Crippen LogP contribution in [0.15, 0.2) is 44.7 Å². The highest BCUT2D eigenvalue weighted by atomic mass is 14.8. The summed E-state index contributed by atoms with van der Waals surface area (Å²) in [7, 11) is 0. The molecule has 0 aliphatic carbocycles. The van der Waals surface area contributed by atoms with Gasteiger partial charge < -0.3 is 16.5 Å². The minimum Gasteiger partial charge on any atom is -0.398 e. The van der Waals surface area contributed by atoms with Crippen molar-refractivity contribution in [3.8, 4) is 0 Å². The highest BCUT2D eigenvalue weighted by Crippen LogP contribution is 2.19. The van der Waals surface area contributed by atoms with E-state index in [0.29, 0.717) is 12.2 Å². The molecule has 18 heavy (non-hydrogen) atoms. The van der Waals surface area contributed by atoms with Crippen molar-refractivity contribution in [2.75, 3.05) is 13.1 Å². The summed E-state index contributed by atoms with van der Waals surface area (Å²) in [5.74, 6) is 0. The van der Waals surface area contributed by atoms with E-state index < -0.39 is 0 Å². The van der Waals surface area contributed by atoms with Gasteiger partial charge in [-0.15, -0.1) is 0 Å². The van der Waals surface area contributed by atoms with Gasteiger partial charge in [-0.25, -0.2) is 0 Å². The van der Waals surface area contributed by atoms with Crippen molar-refractivity contribution in [2.24, 2.45) is 21.5 Å². The Balaban J connectivity index is 2.92. The smallest absolute Gasteiger partial charge is 0.0579 e. The predicted octanol–water partition coefficient (Wildman–Crippen LogP) is 1.94. The fourth-order valence-electron chi connectivity index (χ4n) is 1.87. The molecule has 0 unspecified atom stereocenters. The molecule has 0 bridgehead atoms. The zero-order valence-corrected chi connectivity index (χ0v) is 11.2. The number of hydrogen-bond acceptors (Lipinski definition) is 4.